The Morgan fingerprint density at radius 3 is 2.52 bits per heavy atom. The fourth-order valence-electron chi connectivity index (χ4n) is 1.85. The summed E-state index contributed by atoms with van der Waals surface area (Å²) in [6, 6.07) is 6.46. The van der Waals surface area contributed by atoms with E-state index in [0.717, 1.165) is 5.56 Å². The second-order valence-corrected chi connectivity index (χ2v) is 4.56. The molecule has 1 aromatic rings. The molecule has 0 fully saturated rings. The van der Waals surface area contributed by atoms with Crippen LogP contribution in [0.2, 0.25) is 0 Å². The van der Waals surface area contributed by atoms with E-state index in [0.29, 0.717) is 18.8 Å². The van der Waals surface area contributed by atoms with Gasteiger partial charge in [-0.2, -0.15) is 0 Å². The summed E-state index contributed by atoms with van der Waals surface area (Å²) in [5.74, 6) is 1.63. The third kappa shape index (κ3) is 4.06. The van der Waals surface area contributed by atoms with E-state index in [1.807, 2.05) is 0 Å². The number of aromatic carboxylic acids is 1. The average molecular weight is 285 g/mol. The predicted octanol–water partition coefficient (Wildman–Crippen LogP) is 1.36. The van der Waals surface area contributed by atoms with Gasteiger partial charge in [-0.15, -0.1) is 0 Å². The highest BCUT2D eigenvalue weighted by atomic mass is 16.4. The van der Waals surface area contributed by atoms with Crippen LogP contribution in [0.4, 0.5) is 0 Å². The molecule has 108 valence electrons. The number of carboxylic acid groups (broad SMARTS) is 1. The first-order chi connectivity index (χ1) is 10.1. The average Bonchev–Trinajstić information content (AvgIpc) is 2.48. The van der Waals surface area contributed by atoms with Gasteiger partial charge in [-0.05, 0) is 17.7 Å². The summed E-state index contributed by atoms with van der Waals surface area (Å²) in [7, 11) is 0. The van der Waals surface area contributed by atoms with Crippen molar-refractivity contribution in [3.8, 4) is 0 Å². The fourth-order valence-corrected chi connectivity index (χ4v) is 1.85. The number of nitrogens with zero attached hydrogens (tertiary/aromatic N) is 2. The van der Waals surface area contributed by atoms with Crippen molar-refractivity contribution in [2.24, 2.45) is 4.99 Å². The highest BCUT2D eigenvalue weighted by Gasteiger charge is 2.12. The minimum absolute atomic E-state index is 0.0806. The smallest absolute Gasteiger partial charge is 0.335 e. The molecule has 0 aromatic heterocycles. The minimum Gasteiger partial charge on any atom is -0.478 e. The normalized spacial score (nSPS) is 12.5. The second-order valence-electron chi connectivity index (χ2n) is 4.56. The van der Waals surface area contributed by atoms with Gasteiger partial charge >= 0.3 is 5.97 Å². The van der Waals surface area contributed by atoms with Crippen LogP contribution in [-0.2, 0) is 11.3 Å². The van der Waals surface area contributed by atoms with Gasteiger partial charge in [-0.25, -0.2) is 9.79 Å². The van der Waals surface area contributed by atoms with Crippen LogP contribution in [0.1, 0.15) is 22.8 Å². The SMILES string of the molecule is CC(=O)N(CC1=CNC=C=N1)Cc1ccc(C(=O)O)cc1. The molecule has 1 heterocycles. The molecule has 1 aromatic carbocycles. The first-order valence-corrected chi connectivity index (χ1v) is 6.37. The lowest BCUT2D eigenvalue weighted by atomic mass is 10.1. The van der Waals surface area contributed by atoms with E-state index < -0.39 is 5.97 Å². The van der Waals surface area contributed by atoms with Crippen molar-refractivity contribution in [1.29, 1.82) is 0 Å². The van der Waals surface area contributed by atoms with Crippen LogP contribution in [0.5, 0.6) is 0 Å². The van der Waals surface area contributed by atoms with Crippen LogP contribution in [0.25, 0.3) is 0 Å². The molecule has 0 radical (unpaired) electrons. The van der Waals surface area contributed by atoms with Crippen molar-refractivity contribution in [3.05, 3.63) is 53.5 Å². The summed E-state index contributed by atoms with van der Waals surface area (Å²) in [6.45, 7) is 2.25. The van der Waals surface area contributed by atoms with Crippen molar-refractivity contribution < 1.29 is 14.7 Å². The number of benzene rings is 1. The molecular weight excluding hydrogens is 270 g/mol. The zero-order valence-electron chi connectivity index (χ0n) is 11.5. The maximum Gasteiger partial charge on any atom is 0.335 e. The first-order valence-electron chi connectivity index (χ1n) is 6.37. The molecule has 6 heteroatoms. The van der Waals surface area contributed by atoms with Crippen molar-refractivity contribution in [1.82, 2.24) is 10.2 Å². The van der Waals surface area contributed by atoms with Crippen LogP contribution < -0.4 is 5.32 Å². The summed E-state index contributed by atoms with van der Waals surface area (Å²) >= 11 is 0. The fraction of sp³-hybridized carbons (Fsp3) is 0.200. The first kappa shape index (κ1) is 14.6. The Bertz CT molecular complexity index is 641. The molecular formula is C15H15N3O3. The third-order valence-corrected chi connectivity index (χ3v) is 2.98. The Labute approximate surface area is 122 Å². The van der Waals surface area contributed by atoms with Gasteiger partial charge in [0.05, 0.1) is 24.0 Å². The van der Waals surface area contributed by atoms with Crippen LogP contribution in [-0.4, -0.2) is 34.3 Å². The van der Waals surface area contributed by atoms with E-state index in [2.05, 4.69) is 16.2 Å². The van der Waals surface area contributed by atoms with E-state index in [-0.39, 0.29) is 11.5 Å². The Morgan fingerprint density at radius 2 is 2.00 bits per heavy atom. The number of hydrogen-bond donors (Lipinski definition) is 2. The summed E-state index contributed by atoms with van der Waals surface area (Å²) in [6.07, 6.45) is 3.28. The lowest BCUT2D eigenvalue weighted by Crippen LogP contribution is -2.30. The van der Waals surface area contributed by atoms with Gasteiger partial charge in [-0.1, -0.05) is 12.1 Å². The van der Waals surface area contributed by atoms with Crippen LogP contribution in [0.15, 0.2) is 47.4 Å². The zero-order valence-corrected chi connectivity index (χ0v) is 11.5. The van der Waals surface area contributed by atoms with E-state index in [9.17, 15) is 9.59 Å². The molecule has 1 amide bonds. The monoisotopic (exact) mass is 285 g/mol. The number of rotatable bonds is 5. The van der Waals surface area contributed by atoms with E-state index in [1.54, 1.807) is 29.4 Å². The van der Waals surface area contributed by atoms with Gasteiger partial charge in [0.25, 0.3) is 0 Å². The number of nitrogens with one attached hydrogen (secondary N) is 1. The standard InChI is InChI=1S/C15H15N3O3/c1-11(19)18(10-14-8-16-6-7-17-14)9-12-2-4-13(5-3-12)15(20)21/h2-6,8,16H,9-10H2,1H3,(H,20,21). The molecule has 0 saturated carbocycles. The summed E-state index contributed by atoms with van der Waals surface area (Å²) in [5, 5.41) is 11.7. The number of amides is 1. The molecule has 0 atom stereocenters. The molecule has 0 spiro atoms. The van der Waals surface area contributed by atoms with Crippen molar-refractivity contribution in [2.45, 2.75) is 13.5 Å². The van der Waals surface area contributed by atoms with Crippen molar-refractivity contribution in [3.63, 3.8) is 0 Å². The Kier molecular flexibility index (Phi) is 4.53. The number of carbonyl (C=O) groups excluding carboxylic acids is 1. The van der Waals surface area contributed by atoms with Crippen LogP contribution in [0, 0.1) is 0 Å². The quantitative estimate of drug-likeness (QED) is 0.856. The molecule has 6 nitrogen and oxygen atoms in total. The Balaban J connectivity index is 2.07. The van der Waals surface area contributed by atoms with E-state index in [1.165, 1.54) is 19.1 Å². The largest absolute Gasteiger partial charge is 0.478 e. The predicted molar refractivity (Wildman–Crippen MR) is 77.7 cm³/mol. The lowest BCUT2D eigenvalue weighted by Gasteiger charge is -2.21. The molecule has 2 N–H and O–H groups in total. The molecule has 21 heavy (non-hydrogen) atoms. The third-order valence-electron chi connectivity index (χ3n) is 2.98. The van der Waals surface area contributed by atoms with Gasteiger partial charge < -0.3 is 15.3 Å². The second kappa shape index (κ2) is 6.54. The molecule has 1 aliphatic rings. The summed E-state index contributed by atoms with van der Waals surface area (Å²) in [5.41, 5.74) is 1.79. The summed E-state index contributed by atoms with van der Waals surface area (Å²) < 4.78 is 0. The molecule has 0 unspecified atom stereocenters. The van der Waals surface area contributed by atoms with Gasteiger partial charge in [0.15, 0.2) is 0 Å². The number of carboxylic acids is 1. The van der Waals surface area contributed by atoms with E-state index in [4.69, 9.17) is 5.11 Å². The van der Waals surface area contributed by atoms with Gasteiger partial charge in [-0.3, -0.25) is 4.79 Å². The van der Waals surface area contributed by atoms with E-state index >= 15 is 0 Å². The maximum atomic E-state index is 11.7. The molecule has 0 aliphatic carbocycles. The van der Waals surface area contributed by atoms with Gasteiger partial charge in [0.1, 0.15) is 0 Å². The summed E-state index contributed by atoms with van der Waals surface area (Å²) in [4.78, 5) is 28.2. The number of carbonyl (C=O) groups is 2. The zero-order chi connectivity index (χ0) is 15.2. The Morgan fingerprint density at radius 1 is 1.29 bits per heavy atom. The molecule has 1 aliphatic heterocycles. The number of aliphatic imine (C=N–C) groups is 1. The lowest BCUT2D eigenvalue weighted by molar-refractivity contribution is -0.129. The van der Waals surface area contributed by atoms with Crippen LogP contribution in [0.3, 0.4) is 0 Å². The van der Waals surface area contributed by atoms with Crippen molar-refractivity contribution >= 4 is 17.7 Å². The molecule has 0 bridgehead atoms. The van der Waals surface area contributed by atoms with Crippen molar-refractivity contribution in [2.75, 3.05) is 6.54 Å². The highest BCUT2D eigenvalue weighted by Crippen LogP contribution is 2.10. The molecule has 0 saturated heterocycles. The maximum absolute atomic E-state index is 11.7. The minimum atomic E-state index is -0.968. The van der Waals surface area contributed by atoms with Gasteiger partial charge in [0.2, 0.25) is 5.91 Å². The molecule has 2 rings (SSSR count). The highest BCUT2D eigenvalue weighted by molar-refractivity contribution is 5.87. The van der Waals surface area contributed by atoms with Gasteiger partial charge in [0, 0.05) is 25.5 Å². The Hall–Kier alpha value is -2.85. The van der Waals surface area contributed by atoms with Crippen LogP contribution >= 0.6 is 0 Å². The number of hydrogen-bond acceptors (Lipinski definition) is 4. The topological polar surface area (TPSA) is 82.0 Å².